The van der Waals surface area contributed by atoms with E-state index in [4.69, 9.17) is 4.84 Å². The number of esters is 1. The highest BCUT2D eigenvalue weighted by Gasteiger charge is 2.24. The zero-order valence-corrected chi connectivity index (χ0v) is 12.7. The average Bonchev–Trinajstić information content (AvgIpc) is 2.98. The Kier molecular flexibility index (Phi) is 5.07. The molecule has 0 atom stereocenters. The van der Waals surface area contributed by atoms with Gasteiger partial charge in [0.1, 0.15) is 9.77 Å². The van der Waals surface area contributed by atoms with Gasteiger partial charge in [0.2, 0.25) is 0 Å². The van der Waals surface area contributed by atoms with E-state index in [0.29, 0.717) is 0 Å². The van der Waals surface area contributed by atoms with E-state index < -0.39 is 16.0 Å². The lowest BCUT2D eigenvalue weighted by Crippen LogP contribution is -2.25. The molecule has 1 aromatic carbocycles. The highest BCUT2D eigenvalue weighted by molar-refractivity contribution is 7.89. The standard InChI is InChI=1S/C13H13NO5S2/c1-18-13(15)12-11(7-8-20-12)21(16,17)14-19-9-10-5-3-2-4-6-10/h2-8,14H,9H2,1H3. The number of sulfonamides is 1. The molecule has 0 saturated heterocycles. The third kappa shape index (κ3) is 3.88. The van der Waals surface area contributed by atoms with Crippen LogP contribution in [-0.2, 0) is 26.2 Å². The summed E-state index contributed by atoms with van der Waals surface area (Å²) in [6.07, 6.45) is 0. The lowest BCUT2D eigenvalue weighted by atomic mass is 10.2. The maximum atomic E-state index is 12.1. The van der Waals surface area contributed by atoms with Crippen LogP contribution in [0, 0.1) is 0 Å². The van der Waals surface area contributed by atoms with Gasteiger partial charge in [-0.15, -0.1) is 11.3 Å². The molecule has 1 N–H and O–H groups in total. The Morgan fingerprint density at radius 1 is 1.24 bits per heavy atom. The molecule has 0 aliphatic heterocycles. The van der Waals surface area contributed by atoms with Gasteiger partial charge in [0.25, 0.3) is 10.0 Å². The minimum atomic E-state index is -3.94. The van der Waals surface area contributed by atoms with E-state index in [2.05, 4.69) is 4.74 Å². The second-order valence-corrected chi connectivity index (χ2v) is 6.50. The van der Waals surface area contributed by atoms with Gasteiger partial charge in [-0.1, -0.05) is 35.2 Å². The molecular weight excluding hydrogens is 314 g/mol. The molecule has 8 heteroatoms. The molecular formula is C13H13NO5S2. The maximum absolute atomic E-state index is 12.1. The van der Waals surface area contributed by atoms with Gasteiger partial charge >= 0.3 is 5.97 Å². The van der Waals surface area contributed by atoms with Crippen LogP contribution in [-0.4, -0.2) is 21.5 Å². The molecule has 2 rings (SSSR count). The zero-order chi connectivity index (χ0) is 15.3. The van der Waals surface area contributed by atoms with Crippen molar-refractivity contribution in [3.63, 3.8) is 0 Å². The quantitative estimate of drug-likeness (QED) is 0.648. The van der Waals surface area contributed by atoms with Crippen molar-refractivity contribution in [3.05, 3.63) is 52.2 Å². The molecule has 1 heterocycles. The van der Waals surface area contributed by atoms with E-state index in [-0.39, 0.29) is 16.4 Å². The first kappa shape index (κ1) is 15.6. The number of thiophene rings is 1. The number of nitrogens with one attached hydrogen (secondary N) is 1. The summed E-state index contributed by atoms with van der Waals surface area (Å²) in [4.78, 5) is 18.3. The van der Waals surface area contributed by atoms with E-state index in [1.165, 1.54) is 18.6 Å². The largest absolute Gasteiger partial charge is 0.465 e. The summed E-state index contributed by atoms with van der Waals surface area (Å²) < 4.78 is 28.7. The van der Waals surface area contributed by atoms with Crippen molar-refractivity contribution in [1.82, 2.24) is 4.89 Å². The van der Waals surface area contributed by atoms with E-state index in [0.717, 1.165) is 16.9 Å². The molecule has 2 aromatic rings. The Balaban J connectivity index is 2.06. The van der Waals surface area contributed by atoms with Crippen LogP contribution in [0.4, 0.5) is 0 Å². The first-order chi connectivity index (χ1) is 10.0. The van der Waals surface area contributed by atoms with Gasteiger partial charge in [0.05, 0.1) is 13.7 Å². The van der Waals surface area contributed by atoms with Crippen molar-refractivity contribution in [2.24, 2.45) is 0 Å². The Hall–Kier alpha value is -1.74. The van der Waals surface area contributed by atoms with E-state index >= 15 is 0 Å². The van der Waals surface area contributed by atoms with Gasteiger partial charge in [-0.25, -0.2) is 13.2 Å². The van der Waals surface area contributed by atoms with Gasteiger partial charge in [-0.3, -0.25) is 4.84 Å². The molecule has 0 spiro atoms. The predicted octanol–water partition coefficient (Wildman–Crippen LogP) is 1.94. The summed E-state index contributed by atoms with van der Waals surface area (Å²) >= 11 is 0.990. The molecule has 21 heavy (non-hydrogen) atoms. The molecule has 112 valence electrons. The molecule has 6 nitrogen and oxygen atoms in total. The molecule has 0 radical (unpaired) electrons. The van der Waals surface area contributed by atoms with Crippen molar-refractivity contribution in [2.45, 2.75) is 11.5 Å². The molecule has 0 aliphatic rings. The fourth-order valence-corrected chi connectivity index (χ4v) is 3.70. The summed E-state index contributed by atoms with van der Waals surface area (Å²) in [6, 6.07) is 10.4. The fraction of sp³-hybridized carbons (Fsp3) is 0.154. The van der Waals surface area contributed by atoms with Crippen LogP contribution in [0.5, 0.6) is 0 Å². The van der Waals surface area contributed by atoms with Crippen molar-refractivity contribution in [1.29, 1.82) is 0 Å². The van der Waals surface area contributed by atoms with Crippen LogP contribution in [0.15, 0.2) is 46.7 Å². The topological polar surface area (TPSA) is 81.7 Å². The highest BCUT2D eigenvalue weighted by Crippen LogP contribution is 2.22. The first-order valence-electron chi connectivity index (χ1n) is 5.88. The summed E-state index contributed by atoms with van der Waals surface area (Å²) in [7, 11) is -2.74. The average molecular weight is 327 g/mol. The number of hydrogen-bond donors (Lipinski definition) is 1. The first-order valence-corrected chi connectivity index (χ1v) is 8.24. The number of benzene rings is 1. The highest BCUT2D eigenvalue weighted by atomic mass is 32.2. The maximum Gasteiger partial charge on any atom is 0.349 e. The Bertz CT molecular complexity index is 709. The van der Waals surface area contributed by atoms with E-state index in [9.17, 15) is 13.2 Å². The normalized spacial score (nSPS) is 11.3. The Labute approximate surface area is 126 Å². The van der Waals surface area contributed by atoms with Crippen LogP contribution in [0.1, 0.15) is 15.2 Å². The smallest absolute Gasteiger partial charge is 0.349 e. The number of methoxy groups -OCH3 is 1. The Morgan fingerprint density at radius 2 is 1.95 bits per heavy atom. The summed E-state index contributed by atoms with van der Waals surface area (Å²) in [5.74, 6) is -0.701. The van der Waals surface area contributed by atoms with E-state index in [1.807, 2.05) is 23.1 Å². The molecule has 0 unspecified atom stereocenters. The Morgan fingerprint density at radius 3 is 2.62 bits per heavy atom. The monoisotopic (exact) mass is 327 g/mol. The number of rotatable bonds is 6. The number of ether oxygens (including phenoxy) is 1. The third-order valence-electron chi connectivity index (χ3n) is 2.54. The van der Waals surface area contributed by atoms with Gasteiger partial charge in [0, 0.05) is 0 Å². The van der Waals surface area contributed by atoms with Crippen LogP contribution < -0.4 is 4.89 Å². The molecule has 0 amide bonds. The SMILES string of the molecule is COC(=O)c1sccc1S(=O)(=O)NOCc1ccccc1. The van der Waals surface area contributed by atoms with Crippen LogP contribution in [0.3, 0.4) is 0 Å². The molecule has 0 saturated carbocycles. The molecule has 1 aromatic heterocycles. The molecule has 0 fully saturated rings. The number of carbonyl (C=O) groups is 1. The molecule has 0 bridgehead atoms. The van der Waals surface area contributed by atoms with E-state index in [1.54, 1.807) is 12.1 Å². The summed E-state index contributed by atoms with van der Waals surface area (Å²) in [5.41, 5.74) is 0.818. The second kappa shape index (κ2) is 6.81. The van der Waals surface area contributed by atoms with Gasteiger partial charge < -0.3 is 4.74 Å². The van der Waals surface area contributed by atoms with Crippen LogP contribution in [0.25, 0.3) is 0 Å². The molecule has 0 aliphatic carbocycles. The van der Waals surface area contributed by atoms with Gasteiger partial charge in [-0.2, -0.15) is 0 Å². The predicted molar refractivity (Wildman–Crippen MR) is 77.2 cm³/mol. The zero-order valence-electron chi connectivity index (χ0n) is 11.1. The minimum absolute atomic E-state index is 0.00770. The second-order valence-electron chi connectivity index (χ2n) is 3.97. The lowest BCUT2D eigenvalue weighted by Gasteiger charge is -2.07. The van der Waals surface area contributed by atoms with Crippen molar-refractivity contribution < 1.29 is 22.8 Å². The summed E-state index contributed by atoms with van der Waals surface area (Å²) in [5, 5.41) is 1.50. The summed E-state index contributed by atoms with van der Waals surface area (Å²) in [6.45, 7) is 0.0811. The fourth-order valence-electron chi connectivity index (χ4n) is 1.56. The van der Waals surface area contributed by atoms with Crippen molar-refractivity contribution in [3.8, 4) is 0 Å². The van der Waals surface area contributed by atoms with Gasteiger partial charge in [0.15, 0.2) is 0 Å². The third-order valence-corrected chi connectivity index (χ3v) is 4.82. The minimum Gasteiger partial charge on any atom is -0.465 e. The lowest BCUT2D eigenvalue weighted by molar-refractivity contribution is 0.0600. The van der Waals surface area contributed by atoms with Crippen molar-refractivity contribution in [2.75, 3.05) is 7.11 Å². The number of hydrogen-bond acceptors (Lipinski definition) is 6. The van der Waals surface area contributed by atoms with Crippen molar-refractivity contribution >= 4 is 27.3 Å². The van der Waals surface area contributed by atoms with Crippen LogP contribution in [0.2, 0.25) is 0 Å². The number of carbonyl (C=O) groups excluding carboxylic acids is 1. The van der Waals surface area contributed by atoms with Crippen LogP contribution >= 0.6 is 11.3 Å². The van der Waals surface area contributed by atoms with Gasteiger partial charge in [-0.05, 0) is 17.0 Å².